The Morgan fingerprint density at radius 2 is 1.80 bits per heavy atom. The molecule has 1 aromatic heterocycles. The lowest BCUT2D eigenvalue weighted by Crippen LogP contribution is -2.48. The van der Waals surface area contributed by atoms with Crippen molar-refractivity contribution >= 4 is 5.91 Å². The fourth-order valence-corrected chi connectivity index (χ4v) is 4.99. The summed E-state index contributed by atoms with van der Waals surface area (Å²) in [6.45, 7) is 3.02. The van der Waals surface area contributed by atoms with E-state index in [-0.39, 0.29) is 5.91 Å². The normalized spacial score (nSPS) is 26.6. The number of rotatable bonds is 2. The van der Waals surface area contributed by atoms with E-state index in [9.17, 15) is 4.79 Å². The lowest BCUT2D eigenvalue weighted by Gasteiger charge is -2.36. The number of aromatic amines is 1. The molecule has 5 nitrogen and oxygen atoms in total. The van der Waals surface area contributed by atoms with Gasteiger partial charge in [0.1, 0.15) is 5.69 Å². The first-order chi connectivity index (χ1) is 12.3. The third kappa shape index (κ3) is 2.67. The first-order valence-electron chi connectivity index (χ1n) is 9.39. The average Bonchev–Trinajstić information content (AvgIpc) is 3.23. The molecule has 2 aromatic rings. The lowest BCUT2D eigenvalue weighted by molar-refractivity contribution is 0.0575. The van der Waals surface area contributed by atoms with Crippen molar-refractivity contribution in [1.29, 1.82) is 0 Å². The Morgan fingerprint density at radius 1 is 1.00 bits per heavy atom. The summed E-state index contributed by atoms with van der Waals surface area (Å²) < 4.78 is 0. The molecule has 2 bridgehead atoms. The summed E-state index contributed by atoms with van der Waals surface area (Å²) in [7, 11) is 0. The van der Waals surface area contributed by atoms with Gasteiger partial charge in [-0.25, -0.2) is 0 Å². The van der Waals surface area contributed by atoms with E-state index in [1.54, 1.807) is 12.3 Å². The van der Waals surface area contributed by atoms with E-state index in [4.69, 9.17) is 0 Å². The second-order valence-electron chi connectivity index (χ2n) is 7.81. The molecule has 1 aliphatic carbocycles. The molecule has 0 unspecified atom stereocenters. The Balaban J connectivity index is 1.34. The molecular formula is C20H24N4O. The summed E-state index contributed by atoms with van der Waals surface area (Å²) in [5.74, 6) is 0.707. The molecule has 25 heavy (non-hydrogen) atoms. The van der Waals surface area contributed by atoms with E-state index in [2.05, 4.69) is 44.3 Å². The van der Waals surface area contributed by atoms with Crippen LogP contribution in [0, 0.1) is 5.92 Å². The van der Waals surface area contributed by atoms with Crippen molar-refractivity contribution in [3.05, 3.63) is 53.3 Å². The van der Waals surface area contributed by atoms with Crippen molar-refractivity contribution in [1.82, 2.24) is 20.0 Å². The van der Waals surface area contributed by atoms with Gasteiger partial charge in [-0.2, -0.15) is 5.10 Å². The fourth-order valence-electron chi connectivity index (χ4n) is 4.99. The van der Waals surface area contributed by atoms with Crippen LogP contribution in [0.15, 0.2) is 36.5 Å². The average molecular weight is 336 g/mol. The summed E-state index contributed by atoms with van der Waals surface area (Å²) in [5, 5.41) is 6.78. The van der Waals surface area contributed by atoms with Crippen molar-refractivity contribution in [3.8, 4) is 0 Å². The molecule has 6 rings (SSSR count). The number of nitrogens with one attached hydrogen (secondary N) is 1. The first-order valence-corrected chi connectivity index (χ1v) is 9.39. The largest absolute Gasteiger partial charge is 0.333 e. The minimum Gasteiger partial charge on any atom is -0.333 e. The Labute approximate surface area is 148 Å². The Morgan fingerprint density at radius 3 is 2.52 bits per heavy atom. The molecule has 1 amide bonds. The van der Waals surface area contributed by atoms with E-state index < -0.39 is 0 Å². The van der Waals surface area contributed by atoms with Crippen LogP contribution < -0.4 is 0 Å². The van der Waals surface area contributed by atoms with Gasteiger partial charge in [0.05, 0.1) is 0 Å². The van der Waals surface area contributed by atoms with Gasteiger partial charge in [0, 0.05) is 37.9 Å². The maximum absolute atomic E-state index is 12.8. The number of hydrogen-bond acceptors (Lipinski definition) is 3. The van der Waals surface area contributed by atoms with E-state index in [0.717, 1.165) is 38.9 Å². The standard InChI is InChI=1S/C20H24N4O/c25-20(19-7-8-21-22-19)24-12-14-5-6-17(24)13-23(11-14)18-9-15-3-1-2-4-16(15)10-18/h1-4,7-8,14,17-18H,5-6,9-13H2,(H,21,22)/t14-,17+/m0/s1. The number of aromatic nitrogens is 2. The van der Waals surface area contributed by atoms with E-state index in [1.807, 2.05) is 0 Å². The van der Waals surface area contributed by atoms with Crippen LogP contribution in [0.2, 0.25) is 0 Å². The highest BCUT2D eigenvalue weighted by Crippen LogP contribution is 2.33. The van der Waals surface area contributed by atoms with Crippen LogP contribution >= 0.6 is 0 Å². The van der Waals surface area contributed by atoms with Gasteiger partial charge in [-0.05, 0) is 48.8 Å². The number of hydrogen-bond donors (Lipinski definition) is 1. The van der Waals surface area contributed by atoms with Crippen LogP contribution in [0.3, 0.4) is 0 Å². The van der Waals surface area contributed by atoms with Crippen molar-refractivity contribution < 1.29 is 4.79 Å². The molecule has 0 spiro atoms. The minimum atomic E-state index is 0.115. The van der Waals surface area contributed by atoms with Gasteiger partial charge >= 0.3 is 0 Å². The second kappa shape index (κ2) is 5.99. The predicted molar refractivity (Wildman–Crippen MR) is 95.3 cm³/mol. The molecule has 1 aromatic carbocycles. The van der Waals surface area contributed by atoms with E-state index in [0.29, 0.717) is 23.7 Å². The van der Waals surface area contributed by atoms with Crippen molar-refractivity contribution in [2.45, 2.75) is 37.8 Å². The molecule has 3 aliphatic heterocycles. The number of fused-ring (bicyclic) bond motifs is 5. The number of benzene rings is 1. The lowest BCUT2D eigenvalue weighted by atomic mass is 9.94. The van der Waals surface area contributed by atoms with Gasteiger partial charge in [0.2, 0.25) is 0 Å². The summed E-state index contributed by atoms with van der Waals surface area (Å²) in [6, 6.07) is 11.6. The van der Waals surface area contributed by atoms with Crippen LogP contribution in [0.1, 0.15) is 34.5 Å². The maximum atomic E-state index is 12.8. The second-order valence-corrected chi connectivity index (χ2v) is 7.81. The number of amides is 1. The molecule has 1 N–H and O–H groups in total. The topological polar surface area (TPSA) is 52.2 Å². The molecule has 3 fully saturated rings. The minimum absolute atomic E-state index is 0.115. The van der Waals surface area contributed by atoms with Crippen molar-refractivity contribution in [2.75, 3.05) is 19.6 Å². The fraction of sp³-hybridized carbons (Fsp3) is 0.500. The van der Waals surface area contributed by atoms with Crippen LogP contribution in [0.4, 0.5) is 0 Å². The summed E-state index contributed by atoms with van der Waals surface area (Å²) >= 11 is 0. The smallest absolute Gasteiger partial charge is 0.272 e. The number of nitrogens with zero attached hydrogens (tertiary/aromatic N) is 3. The third-order valence-corrected chi connectivity index (χ3v) is 6.28. The number of H-pyrrole nitrogens is 1. The molecule has 4 heterocycles. The quantitative estimate of drug-likeness (QED) is 0.914. The zero-order valence-corrected chi connectivity index (χ0v) is 14.4. The molecule has 130 valence electrons. The van der Waals surface area contributed by atoms with Gasteiger partial charge in [0.15, 0.2) is 0 Å². The van der Waals surface area contributed by atoms with Gasteiger partial charge in [-0.15, -0.1) is 0 Å². The zero-order valence-electron chi connectivity index (χ0n) is 14.4. The van der Waals surface area contributed by atoms with E-state index >= 15 is 0 Å². The van der Waals surface area contributed by atoms with Gasteiger partial charge < -0.3 is 4.90 Å². The molecule has 4 aliphatic rings. The third-order valence-electron chi connectivity index (χ3n) is 6.28. The molecule has 0 radical (unpaired) electrons. The molecular weight excluding hydrogens is 312 g/mol. The monoisotopic (exact) mass is 336 g/mol. The SMILES string of the molecule is O=C(c1ccn[nH]1)N1C[C@H]2CC[C@@H]1CN(C1Cc3ccccc3C1)C2. The summed E-state index contributed by atoms with van der Waals surface area (Å²) in [6.07, 6.45) is 6.34. The number of piperidine rings is 1. The molecule has 5 heteroatoms. The van der Waals surface area contributed by atoms with Crippen LogP contribution in [-0.2, 0) is 12.8 Å². The summed E-state index contributed by atoms with van der Waals surface area (Å²) in [4.78, 5) is 17.6. The van der Waals surface area contributed by atoms with Crippen LogP contribution in [0.25, 0.3) is 0 Å². The molecule has 3 saturated heterocycles. The van der Waals surface area contributed by atoms with E-state index in [1.165, 1.54) is 17.5 Å². The Bertz CT molecular complexity index is 747. The maximum Gasteiger partial charge on any atom is 0.272 e. The van der Waals surface area contributed by atoms with Gasteiger partial charge in [-0.1, -0.05) is 24.3 Å². The molecule has 0 saturated carbocycles. The highest BCUT2D eigenvalue weighted by atomic mass is 16.2. The number of carbonyl (C=O) groups is 1. The highest BCUT2D eigenvalue weighted by molar-refractivity contribution is 5.92. The van der Waals surface area contributed by atoms with Crippen LogP contribution in [0.5, 0.6) is 0 Å². The van der Waals surface area contributed by atoms with Crippen molar-refractivity contribution in [3.63, 3.8) is 0 Å². The van der Waals surface area contributed by atoms with Crippen LogP contribution in [-0.4, -0.2) is 57.6 Å². The number of carbonyl (C=O) groups excluding carboxylic acids is 1. The predicted octanol–water partition coefficient (Wildman–Crippen LogP) is 2.11. The van der Waals surface area contributed by atoms with Gasteiger partial charge in [-0.3, -0.25) is 14.8 Å². The van der Waals surface area contributed by atoms with Gasteiger partial charge in [0.25, 0.3) is 5.91 Å². The summed E-state index contributed by atoms with van der Waals surface area (Å²) in [5.41, 5.74) is 3.64. The first kappa shape index (κ1) is 15.1. The molecule has 2 atom stereocenters. The Kier molecular flexibility index (Phi) is 3.63. The van der Waals surface area contributed by atoms with Crippen molar-refractivity contribution in [2.24, 2.45) is 5.92 Å². The highest BCUT2D eigenvalue weighted by Gasteiger charge is 2.40. The zero-order chi connectivity index (χ0) is 16.8. The Hall–Kier alpha value is -2.14.